The zero-order valence-corrected chi connectivity index (χ0v) is 19.4. The number of rotatable bonds is 4. The third kappa shape index (κ3) is 4.37. The lowest BCUT2D eigenvalue weighted by Gasteiger charge is -2.16. The van der Waals surface area contributed by atoms with Crippen molar-refractivity contribution >= 4 is 55.0 Å². The molecule has 0 saturated carbocycles. The standard InChI is InChI=1S/C24H18Br2N2S/c25-15-9-11-23(19(13-15)17-5-1-3-7-21(17)27)29-24-12-10-16(26)14-20(24)18-6-2-4-8-22(18)28/h1-14H,27-28H2. The van der Waals surface area contributed by atoms with Gasteiger partial charge in [-0.25, -0.2) is 0 Å². The van der Waals surface area contributed by atoms with Crippen LogP contribution in [0.1, 0.15) is 0 Å². The first kappa shape index (κ1) is 20.1. The van der Waals surface area contributed by atoms with Gasteiger partial charge in [0.05, 0.1) is 0 Å². The number of hydrogen-bond acceptors (Lipinski definition) is 3. The first-order valence-corrected chi connectivity index (χ1v) is 11.4. The highest BCUT2D eigenvalue weighted by Gasteiger charge is 2.14. The molecule has 0 spiro atoms. The lowest BCUT2D eigenvalue weighted by molar-refractivity contribution is 1.38. The van der Waals surface area contributed by atoms with E-state index in [1.165, 1.54) is 0 Å². The molecule has 0 heterocycles. The minimum Gasteiger partial charge on any atom is -0.398 e. The number of anilines is 2. The Morgan fingerprint density at radius 3 is 1.34 bits per heavy atom. The number of halogens is 2. The molecule has 0 bridgehead atoms. The summed E-state index contributed by atoms with van der Waals surface area (Å²) in [6.45, 7) is 0. The van der Waals surface area contributed by atoms with Crippen LogP contribution in [0.3, 0.4) is 0 Å². The summed E-state index contributed by atoms with van der Waals surface area (Å²) in [4.78, 5) is 2.26. The first-order chi connectivity index (χ1) is 14.0. The molecule has 0 fully saturated rings. The quantitative estimate of drug-likeness (QED) is 0.266. The van der Waals surface area contributed by atoms with Crippen molar-refractivity contribution in [2.75, 3.05) is 11.5 Å². The molecule has 4 N–H and O–H groups in total. The van der Waals surface area contributed by atoms with Gasteiger partial charge in [0.25, 0.3) is 0 Å². The van der Waals surface area contributed by atoms with Crippen molar-refractivity contribution < 1.29 is 0 Å². The zero-order chi connectivity index (χ0) is 20.4. The Kier molecular flexibility index (Phi) is 5.99. The molecule has 0 amide bonds. The van der Waals surface area contributed by atoms with Crippen LogP contribution in [0.2, 0.25) is 0 Å². The van der Waals surface area contributed by atoms with Crippen LogP contribution in [0.5, 0.6) is 0 Å². The van der Waals surface area contributed by atoms with E-state index in [9.17, 15) is 0 Å². The van der Waals surface area contributed by atoms with Crippen LogP contribution in [0.15, 0.2) is 104 Å². The molecule has 29 heavy (non-hydrogen) atoms. The molecule has 0 aliphatic rings. The predicted molar refractivity (Wildman–Crippen MR) is 132 cm³/mol. The summed E-state index contributed by atoms with van der Waals surface area (Å²) < 4.78 is 2.03. The minimum absolute atomic E-state index is 0.760. The summed E-state index contributed by atoms with van der Waals surface area (Å²) in [5.41, 5.74) is 18.3. The third-order valence-corrected chi connectivity index (χ3v) is 6.74. The van der Waals surface area contributed by atoms with Crippen molar-refractivity contribution in [3.05, 3.63) is 93.9 Å². The molecule has 4 aromatic carbocycles. The Morgan fingerprint density at radius 2 is 0.931 bits per heavy atom. The summed E-state index contributed by atoms with van der Waals surface area (Å²) >= 11 is 8.91. The Morgan fingerprint density at radius 1 is 0.517 bits per heavy atom. The summed E-state index contributed by atoms with van der Waals surface area (Å²) in [5, 5.41) is 0. The van der Waals surface area contributed by atoms with Gasteiger partial charge in [0.15, 0.2) is 0 Å². The maximum Gasteiger partial charge on any atom is 0.0394 e. The number of benzene rings is 4. The lowest BCUT2D eigenvalue weighted by Crippen LogP contribution is -1.93. The van der Waals surface area contributed by atoms with Crippen molar-refractivity contribution in [2.24, 2.45) is 0 Å². The van der Waals surface area contributed by atoms with Gasteiger partial charge in [-0.05, 0) is 59.7 Å². The molecule has 2 nitrogen and oxygen atoms in total. The maximum atomic E-state index is 6.28. The van der Waals surface area contributed by atoms with Gasteiger partial charge in [0.2, 0.25) is 0 Å². The summed E-state index contributed by atoms with van der Waals surface area (Å²) in [6.07, 6.45) is 0. The zero-order valence-electron chi connectivity index (χ0n) is 15.4. The molecule has 0 atom stereocenters. The molecular weight excluding hydrogens is 508 g/mol. The van der Waals surface area contributed by atoms with E-state index >= 15 is 0 Å². The molecule has 5 heteroatoms. The Labute approximate surface area is 191 Å². The second-order valence-corrected chi connectivity index (χ2v) is 9.47. The van der Waals surface area contributed by atoms with E-state index in [0.717, 1.165) is 52.4 Å². The topological polar surface area (TPSA) is 52.0 Å². The van der Waals surface area contributed by atoms with Crippen LogP contribution in [-0.2, 0) is 0 Å². The predicted octanol–water partition coefficient (Wildman–Crippen LogP) is 7.86. The molecular formula is C24H18Br2N2S. The summed E-state index contributed by atoms with van der Waals surface area (Å²) in [5.74, 6) is 0. The second kappa shape index (κ2) is 8.66. The van der Waals surface area contributed by atoms with Gasteiger partial charge in [-0.15, -0.1) is 0 Å². The van der Waals surface area contributed by atoms with Crippen molar-refractivity contribution in [1.29, 1.82) is 0 Å². The third-order valence-electron chi connectivity index (χ3n) is 4.61. The van der Waals surface area contributed by atoms with E-state index < -0.39 is 0 Å². The largest absolute Gasteiger partial charge is 0.398 e. The molecule has 0 unspecified atom stereocenters. The van der Waals surface area contributed by atoms with Crippen LogP contribution in [0.4, 0.5) is 11.4 Å². The van der Waals surface area contributed by atoms with E-state index in [1.807, 2.05) is 36.4 Å². The van der Waals surface area contributed by atoms with Gasteiger partial charge >= 0.3 is 0 Å². The van der Waals surface area contributed by atoms with Crippen LogP contribution in [0.25, 0.3) is 22.3 Å². The molecule has 0 aromatic heterocycles. The van der Waals surface area contributed by atoms with Gasteiger partial charge in [-0.1, -0.05) is 80.0 Å². The Balaban J connectivity index is 1.85. The molecule has 4 rings (SSSR count). The molecule has 0 saturated heterocycles. The van der Waals surface area contributed by atoms with E-state index in [0.29, 0.717) is 0 Å². The minimum atomic E-state index is 0.760. The molecule has 144 valence electrons. The van der Waals surface area contributed by atoms with E-state index in [2.05, 4.69) is 80.4 Å². The van der Waals surface area contributed by atoms with Gasteiger partial charge < -0.3 is 11.5 Å². The summed E-state index contributed by atoms with van der Waals surface area (Å²) in [7, 11) is 0. The Bertz CT molecular complexity index is 1100. The van der Waals surface area contributed by atoms with Gasteiger partial charge in [-0.3, -0.25) is 0 Å². The average molecular weight is 526 g/mol. The van der Waals surface area contributed by atoms with Gasteiger partial charge in [0.1, 0.15) is 0 Å². The van der Waals surface area contributed by atoms with Crippen molar-refractivity contribution in [3.63, 3.8) is 0 Å². The van der Waals surface area contributed by atoms with Gasteiger partial charge in [-0.2, -0.15) is 0 Å². The highest BCUT2D eigenvalue weighted by atomic mass is 79.9. The fourth-order valence-electron chi connectivity index (χ4n) is 3.21. The van der Waals surface area contributed by atoms with Crippen molar-refractivity contribution in [3.8, 4) is 22.3 Å². The molecule has 0 radical (unpaired) electrons. The number of nitrogen functional groups attached to an aromatic ring is 2. The maximum absolute atomic E-state index is 6.28. The van der Waals surface area contributed by atoms with Crippen LogP contribution < -0.4 is 11.5 Å². The summed E-state index contributed by atoms with van der Waals surface area (Å²) in [6, 6.07) is 28.5. The normalized spacial score (nSPS) is 10.8. The molecule has 0 aliphatic heterocycles. The average Bonchev–Trinajstić information content (AvgIpc) is 2.71. The number of nitrogens with two attached hydrogens (primary N) is 2. The van der Waals surface area contributed by atoms with Crippen molar-refractivity contribution in [1.82, 2.24) is 0 Å². The smallest absolute Gasteiger partial charge is 0.0394 e. The van der Waals surface area contributed by atoms with Gasteiger partial charge in [0, 0.05) is 41.2 Å². The van der Waals surface area contributed by atoms with E-state index in [-0.39, 0.29) is 0 Å². The van der Waals surface area contributed by atoms with Crippen molar-refractivity contribution in [2.45, 2.75) is 9.79 Å². The van der Waals surface area contributed by atoms with E-state index in [1.54, 1.807) is 11.8 Å². The number of para-hydroxylation sites is 2. The fraction of sp³-hybridized carbons (Fsp3) is 0. The second-order valence-electron chi connectivity index (χ2n) is 6.56. The monoisotopic (exact) mass is 524 g/mol. The molecule has 0 aliphatic carbocycles. The fourth-order valence-corrected chi connectivity index (χ4v) is 5.00. The SMILES string of the molecule is Nc1ccccc1-c1cc(Br)ccc1Sc1ccc(Br)cc1-c1ccccc1N. The molecule has 4 aromatic rings. The Hall–Kier alpha value is -2.21. The van der Waals surface area contributed by atoms with Crippen LogP contribution >= 0.6 is 43.6 Å². The first-order valence-electron chi connectivity index (χ1n) is 8.99. The van der Waals surface area contributed by atoms with Crippen LogP contribution in [-0.4, -0.2) is 0 Å². The highest BCUT2D eigenvalue weighted by Crippen LogP contribution is 2.44. The van der Waals surface area contributed by atoms with E-state index in [4.69, 9.17) is 11.5 Å². The highest BCUT2D eigenvalue weighted by molar-refractivity contribution is 9.10. The lowest BCUT2D eigenvalue weighted by atomic mass is 10.0. The number of hydrogen-bond donors (Lipinski definition) is 2. The van der Waals surface area contributed by atoms with Crippen LogP contribution in [0, 0.1) is 0 Å².